The molecule has 4 rings (SSSR count). The molecule has 4 nitrogen and oxygen atoms in total. The summed E-state index contributed by atoms with van der Waals surface area (Å²) in [4.78, 5) is 10.9. The van der Waals surface area contributed by atoms with Gasteiger partial charge in [0.1, 0.15) is 0 Å². The van der Waals surface area contributed by atoms with Crippen molar-refractivity contribution >= 4 is 16.5 Å². The number of hydrogen-bond donors (Lipinski definition) is 1. The fourth-order valence-electron chi connectivity index (χ4n) is 3.07. The Bertz CT molecular complexity index is 779. The highest BCUT2D eigenvalue weighted by Gasteiger charge is 2.15. The molecule has 1 aliphatic heterocycles. The highest BCUT2D eigenvalue weighted by molar-refractivity contribution is 5.97. The Hall–Kier alpha value is -2.46. The maximum atomic E-state index is 4.29. The maximum absolute atomic E-state index is 4.29. The zero-order valence-corrected chi connectivity index (χ0v) is 12.4. The van der Waals surface area contributed by atoms with Crippen molar-refractivity contribution in [3.05, 3.63) is 55.1 Å². The molecule has 110 valence electrons. The van der Waals surface area contributed by atoms with Gasteiger partial charge in [-0.2, -0.15) is 0 Å². The van der Waals surface area contributed by atoms with Crippen molar-refractivity contribution in [2.75, 3.05) is 31.1 Å². The quantitative estimate of drug-likeness (QED) is 0.788. The topological polar surface area (TPSA) is 41.0 Å². The SMILES string of the molecule is c1cc(-c2cc(N3CCNCC3)c3ccncc3c2)ccn1. The smallest absolute Gasteiger partial charge is 0.0454 e. The molecule has 1 saturated heterocycles. The number of aromatic nitrogens is 2. The third-order valence-corrected chi connectivity index (χ3v) is 4.20. The third-order valence-electron chi connectivity index (χ3n) is 4.20. The molecule has 0 saturated carbocycles. The van der Waals surface area contributed by atoms with E-state index >= 15 is 0 Å². The molecule has 3 aromatic rings. The fraction of sp³-hybridized carbons (Fsp3) is 0.222. The number of rotatable bonds is 2. The molecule has 0 spiro atoms. The second-order valence-electron chi connectivity index (χ2n) is 5.57. The highest BCUT2D eigenvalue weighted by atomic mass is 15.2. The molecule has 0 aliphatic carbocycles. The summed E-state index contributed by atoms with van der Waals surface area (Å²) < 4.78 is 0. The molecule has 1 aromatic carbocycles. The van der Waals surface area contributed by atoms with E-state index < -0.39 is 0 Å². The summed E-state index contributed by atoms with van der Waals surface area (Å²) in [6, 6.07) is 10.7. The van der Waals surface area contributed by atoms with Crippen molar-refractivity contribution in [3.63, 3.8) is 0 Å². The molecule has 0 amide bonds. The minimum atomic E-state index is 1.03. The largest absolute Gasteiger partial charge is 0.368 e. The van der Waals surface area contributed by atoms with Gasteiger partial charge in [0.25, 0.3) is 0 Å². The lowest BCUT2D eigenvalue weighted by atomic mass is 10.0. The van der Waals surface area contributed by atoms with Crippen LogP contribution in [-0.4, -0.2) is 36.1 Å². The van der Waals surface area contributed by atoms with E-state index in [1.807, 2.05) is 24.8 Å². The first-order valence-electron chi connectivity index (χ1n) is 7.66. The lowest BCUT2D eigenvalue weighted by molar-refractivity contribution is 0.590. The highest BCUT2D eigenvalue weighted by Crippen LogP contribution is 2.32. The average Bonchev–Trinajstić information content (AvgIpc) is 2.62. The molecule has 1 N–H and O–H groups in total. The van der Waals surface area contributed by atoms with Gasteiger partial charge in [0.05, 0.1) is 0 Å². The van der Waals surface area contributed by atoms with Crippen LogP contribution in [0.3, 0.4) is 0 Å². The van der Waals surface area contributed by atoms with Crippen molar-refractivity contribution < 1.29 is 0 Å². The summed E-state index contributed by atoms with van der Waals surface area (Å²) in [6.07, 6.45) is 7.51. The molecule has 0 radical (unpaired) electrons. The van der Waals surface area contributed by atoms with Crippen LogP contribution in [0.2, 0.25) is 0 Å². The second kappa shape index (κ2) is 5.73. The molecule has 0 bridgehead atoms. The van der Waals surface area contributed by atoms with Crippen LogP contribution in [0.15, 0.2) is 55.1 Å². The van der Waals surface area contributed by atoms with E-state index in [-0.39, 0.29) is 0 Å². The summed E-state index contributed by atoms with van der Waals surface area (Å²) in [7, 11) is 0. The number of nitrogens with zero attached hydrogens (tertiary/aromatic N) is 3. The summed E-state index contributed by atoms with van der Waals surface area (Å²) in [6.45, 7) is 4.15. The van der Waals surface area contributed by atoms with Crippen molar-refractivity contribution in [2.45, 2.75) is 0 Å². The molecular weight excluding hydrogens is 272 g/mol. The summed E-state index contributed by atoms with van der Waals surface area (Å²) in [5, 5.41) is 5.87. The first-order chi connectivity index (χ1) is 10.9. The predicted octanol–water partition coefficient (Wildman–Crippen LogP) is 2.71. The molecule has 0 atom stereocenters. The number of fused-ring (bicyclic) bond motifs is 1. The summed E-state index contributed by atoms with van der Waals surface area (Å²) in [5.74, 6) is 0. The normalized spacial score (nSPS) is 15.2. The van der Waals surface area contributed by atoms with Gasteiger partial charge in [0, 0.05) is 67.4 Å². The number of anilines is 1. The van der Waals surface area contributed by atoms with Gasteiger partial charge in [0.15, 0.2) is 0 Å². The van der Waals surface area contributed by atoms with Crippen LogP contribution in [0, 0.1) is 0 Å². The zero-order chi connectivity index (χ0) is 14.8. The minimum absolute atomic E-state index is 1.03. The van der Waals surface area contributed by atoms with Gasteiger partial charge in [-0.15, -0.1) is 0 Å². The Kier molecular flexibility index (Phi) is 3.45. The third kappa shape index (κ3) is 2.42. The number of piperazine rings is 1. The van der Waals surface area contributed by atoms with E-state index in [0.717, 1.165) is 26.2 Å². The molecular formula is C18H18N4. The van der Waals surface area contributed by atoms with Gasteiger partial charge in [0.2, 0.25) is 0 Å². The predicted molar refractivity (Wildman–Crippen MR) is 90.1 cm³/mol. The molecule has 3 heterocycles. The lowest BCUT2D eigenvalue weighted by Gasteiger charge is -2.31. The van der Waals surface area contributed by atoms with Gasteiger partial charge in [-0.05, 0) is 41.5 Å². The fourth-order valence-corrected chi connectivity index (χ4v) is 3.07. The van der Waals surface area contributed by atoms with Crippen LogP contribution < -0.4 is 10.2 Å². The van der Waals surface area contributed by atoms with Crippen molar-refractivity contribution in [1.82, 2.24) is 15.3 Å². The Balaban J connectivity index is 1.89. The molecule has 1 fully saturated rings. The molecule has 22 heavy (non-hydrogen) atoms. The number of benzene rings is 1. The molecule has 0 unspecified atom stereocenters. The standard InChI is InChI=1S/C18H18N4/c1-4-19-5-2-14(1)15-11-16-13-21-6-3-17(16)18(12-15)22-9-7-20-8-10-22/h1-6,11-13,20H,7-10H2. The van der Waals surface area contributed by atoms with Gasteiger partial charge < -0.3 is 10.2 Å². The van der Waals surface area contributed by atoms with Crippen molar-refractivity contribution in [2.24, 2.45) is 0 Å². The summed E-state index contributed by atoms with van der Waals surface area (Å²) in [5.41, 5.74) is 3.71. The van der Waals surface area contributed by atoms with Gasteiger partial charge in [-0.1, -0.05) is 0 Å². The molecule has 4 heteroatoms. The van der Waals surface area contributed by atoms with Crippen LogP contribution in [-0.2, 0) is 0 Å². The first kappa shape index (κ1) is 13.2. The maximum Gasteiger partial charge on any atom is 0.0454 e. The Labute approximate surface area is 129 Å². The number of pyridine rings is 2. The minimum Gasteiger partial charge on any atom is -0.368 e. The van der Waals surface area contributed by atoms with E-state index in [2.05, 4.69) is 50.5 Å². The number of hydrogen-bond acceptors (Lipinski definition) is 4. The van der Waals surface area contributed by atoms with E-state index in [0.29, 0.717) is 0 Å². The lowest BCUT2D eigenvalue weighted by Crippen LogP contribution is -2.43. The van der Waals surface area contributed by atoms with E-state index in [4.69, 9.17) is 0 Å². The average molecular weight is 290 g/mol. The second-order valence-corrected chi connectivity index (χ2v) is 5.57. The Morgan fingerprint density at radius 1 is 0.864 bits per heavy atom. The Morgan fingerprint density at radius 3 is 2.45 bits per heavy atom. The van der Waals surface area contributed by atoms with Crippen molar-refractivity contribution in [1.29, 1.82) is 0 Å². The van der Waals surface area contributed by atoms with Crippen LogP contribution in [0.1, 0.15) is 0 Å². The molecule has 2 aromatic heterocycles. The van der Waals surface area contributed by atoms with Crippen LogP contribution in [0.4, 0.5) is 5.69 Å². The van der Waals surface area contributed by atoms with Crippen LogP contribution in [0.25, 0.3) is 21.9 Å². The molecule has 1 aliphatic rings. The van der Waals surface area contributed by atoms with Crippen molar-refractivity contribution in [3.8, 4) is 11.1 Å². The monoisotopic (exact) mass is 290 g/mol. The van der Waals surface area contributed by atoms with Gasteiger partial charge in [-0.25, -0.2) is 0 Å². The first-order valence-corrected chi connectivity index (χ1v) is 7.66. The van der Waals surface area contributed by atoms with Gasteiger partial charge in [-0.3, -0.25) is 9.97 Å². The zero-order valence-electron chi connectivity index (χ0n) is 12.4. The Morgan fingerprint density at radius 2 is 1.64 bits per heavy atom. The van der Waals surface area contributed by atoms with E-state index in [9.17, 15) is 0 Å². The number of nitrogens with one attached hydrogen (secondary N) is 1. The van der Waals surface area contributed by atoms with E-state index in [1.165, 1.54) is 27.6 Å². The van der Waals surface area contributed by atoms with Gasteiger partial charge >= 0.3 is 0 Å². The van der Waals surface area contributed by atoms with Crippen LogP contribution >= 0.6 is 0 Å². The van der Waals surface area contributed by atoms with E-state index in [1.54, 1.807) is 0 Å². The summed E-state index contributed by atoms with van der Waals surface area (Å²) >= 11 is 0. The van der Waals surface area contributed by atoms with Crippen LogP contribution in [0.5, 0.6) is 0 Å².